The molecule has 0 radical (unpaired) electrons. The van der Waals surface area contributed by atoms with Gasteiger partial charge in [-0.15, -0.1) is 15.1 Å². The van der Waals surface area contributed by atoms with E-state index in [1.165, 1.54) is 41.2 Å². The normalized spacial score (nSPS) is 23.0. The molecule has 0 bridgehead atoms. The van der Waals surface area contributed by atoms with E-state index >= 15 is 0 Å². The molecule has 1 aromatic rings. The summed E-state index contributed by atoms with van der Waals surface area (Å²) in [6.45, 7) is 1.11. The summed E-state index contributed by atoms with van der Waals surface area (Å²) in [5, 5.41) is 8.18. The molecule has 1 N–H and O–H groups in total. The summed E-state index contributed by atoms with van der Waals surface area (Å²) < 4.78 is 42.3. The number of urea groups is 1. The number of halogens is 1. The highest BCUT2D eigenvalue weighted by molar-refractivity contribution is 7.90. The van der Waals surface area contributed by atoms with Crippen LogP contribution in [0.5, 0.6) is 0 Å². The number of rotatable bonds is 7. The van der Waals surface area contributed by atoms with Crippen molar-refractivity contribution in [3.8, 4) is 0 Å². The molecule has 1 unspecified atom stereocenters. The Morgan fingerprint density at radius 1 is 1.33 bits per heavy atom. The number of hydrogen-bond acceptors (Lipinski definition) is 7. The van der Waals surface area contributed by atoms with E-state index in [1.807, 2.05) is 6.92 Å². The number of carbonyl (C=O) groups is 2. The van der Waals surface area contributed by atoms with Crippen LogP contribution in [0.4, 0.5) is 9.18 Å². The maximum Gasteiger partial charge on any atom is 0.501 e. The first-order valence-corrected chi connectivity index (χ1v) is 11.8. The molecular weight excluding hydrogens is 433 g/mol. The van der Waals surface area contributed by atoms with E-state index < -0.39 is 39.4 Å². The summed E-state index contributed by atoms with van der Waals surface area (Å²) in [5.74, 6) is -0.600. The number of alkyl halides is 1. The molecule has 160 valence electrons. The lowest BCUT2D eigenvalue weighted by molar-refractivity contribution is -0.402. The maximum atomic E-state index is 13.2. The first kappa shape index (κ1) is 20.9. The Kier molecular flexibility index (Phi) is 5.19. The Morgan fingerprint density at radius 3 is 2.63 bits per heavy atom. The van der Waals surface area contributed by atoms with Gasteiger partial charge in [-0.1, -0.05) is 24.3 Å². The monoisotopic (exact) mass is 454 g/mol. The quantitative estimate of drug-likeness (QED) is 0.614. The minimum Gasteiger partial charge on any atom is -0.249 e. The number of nitrogens with zero attached hydrogens (tertiary/aromatic N) is 4. The zero-order chi connectivity index (χ0) is 21.7. The van der Waals surface area contributed by atoms with Crippen LogP contribution < -0.4 is 4.72 Å². The highest BCUT2D eigenvalue weighted by Crippen LogP contribution is 2.37. The SMILES string of the molecule is CCc1nnc(CN2C(=O)C3=CC(S(=O)(=O)NC4(CF)CC4)C=CC3=[N+](C)C2=O)s1. The summed E-state index contributed by atoms with van der Waals surface area (Å²) >= 11 is 1.31. The molecule has 1 aromatic heterocycles. The fraction of sp³-hybridized carbons (Fsp3) is 0.500. The van der Waals surface area contributed by atoms with Crippen LogP contribution >= 0.6 is 11.3 Å². The summed E-state index contributed by atoms with van der Waals surface area (Å²) in [7, 11) is -2.42. The lowest BCUT2D eigenvalue weighted by Crippen LogP contribution is -2.51. The van der Waals surface area contributed by atoms with Crippen LogP contribution in [0.3, 0.4) is 0 Å². The van der Waals surface area contributed by atoms with E-state index in [4.69, 9.17) is 0 Å². The number of amides is 3. The van der Waals surface area contributed by atoms with Crippen molar-refractivity contribution in [1.82, 2.24) is 19.8 Å². The van der Waals surface area contributed by atoms with Gasteiger partial charge >= 0.3 is 11.9 Å². The van der Waals surface area contributed by atoms with Crippen LogP contribution in [-0.4, -0.2) is 70.3 Å². The molecule has 1 aliphatic heterocycles. The molecule has 0 saturated heterocycles. The van der Waals surface area contributed by atoms with Gasteiger partial charge in [0.15, 0.2) is 11.6 Å². The number of sulfonamides is 1. The van der Waals surface area contributed by atoms with Crippen molar-refractivity contribution < 1.29 is 27.0 Å². The molecule has 1 atom stereocenters. The summed E-state index contributed by atoms with van der Waals surface area (Å²) in [6.07, 6.45) is 5.72. The Balaban J connectivity index is 1.63. The van der Waals surface area contributed by atoms with Crippen LogP contribution in [0.25, 0.3) is 0 Å². The second-order valence-electron chi connectivity index (χ2n) is 7.53. The van der Waals surface area contributed by atoms with Gasteiger partial charge in [0.2, 0.25) is 10.0 Å². The van der Waals surface area contributed by atoms with E-state index in [2.05, 4.69) is 14.9 Å². The fourth-order valence-corrected chi connectivity index (χ4v) is 5.69. The highest BCUT2D eigenvalue weighted by atomic mass is 32.2. The molecule has 3 aliphatic rings. The molecule has 4 rings (SSSR count). The number of aromatic nitrogens is 2. The van der Waals surface area contributed by atoms with Crippen LogP contribution in [0, 0.1) is 0 Å². The van der Waals surface area contributed by atoms with Crippen molar-refractivity contribution in [2.75, 3.05) is 13.7 Å². The molecule has 0 spiro atoms. The molecule has 2 aliphatic carbocycles. The van der Waals surface area contributed by atoms with Gasteiger partial charge in [0.25, 0.3) is 0 Å². The van der Waals surface area contributed by atoms with Crippen LogP contribution in [-0.2, 0) is 27.8 Å². The van der Waals surface area contributed by atoms with Gasteiger partial charge in [-0.3, -0.25) is 0 Å². The van der Waals surface area contributed by atoms with E-state index in [-0.39, 0.29) is 12.1 Å². The lowest BCUT2D eigenvalue weighted by atomic mass is 10.00. The molecule has 9 nitrogen and oxygen atoms in total. The van der Waals surface area contributed by atoms with Crippen molar-refractivity contribution in [2.45, 2.75) is 43.5 Å². The Morgan fingerprint density at radius 2 is 2.03 bits per heavy atom. The summed E-state index contributed by atoms with van der Waals surface area (Å²) in [5.41, 5.74) is -0.592. The lowest BCUT2D eigenvalue weighted by Gasteiger charge is -2.25. The molecule has 12 heteroatoms. The first-order valence-electron chi connectivity index (χ1n) is 9.46. The van der Waals surface area contributed by atoms with Crippen molar-refractivity contribution in [2.24, 2.45) is 0 Å². The van der Waals surface area contributed by atoms with Crippen molar-refractivity contribution >= 4 is 39.0 Å². The summed E-state index contributed by atoms with van der Waals surface area (Å²) in [4.78, 5) is 26.8. The average molecular weight is 455 g/mol. The third kappa shape index (κ3) is 3.63. The maximum absolute atomic E-state index is 13.2. The van der Waals surface area contributed by atoms with Crippen molar-refractivity contribution in [1.29, 1.82) is 0 Å². The third-order valence-electron chi connectivity index (χ3n) is 5.34. The largest absolute Gasteiger partial charge is 0.501 e. The van der Waals surface area contributed by atoms with Gasteiger partial charge in [0.1, 0.15) is 28.2 Å². The van der Waals surface area contributed by atoms with Crippen molar-refractivity contribution in [3.05, 3.63) is 33.8 Å². The van der Waals surface area contributed by atoms with Gasteiger partial charge in [0.05, 0.1) is 12.6 Å². The smallest absolute Gasteiger partial charge is 0.249 e. The standard InChI is InChI=1S/C18H21FN5O4S2/c1-3-14-20-21-15(29-14)9-24-16(25)12-8-11(4-5-13(12)23(2)17(24)26)30(27,28)22-18(10-19)6-7-18/h4-5,8,11,22H,3,6-7,9-10H2,1-2H3/q+1. The number of imide groups is 1. The number of aryl methyl sites for hydroxylation is 1. The van der Waals surface area contributed by atoms with Gasteiger partial charge in [0, 0.05) is 0 Å². The van der Waals surface area contributed by atoms with Gasteiger partial charge in [-0.25, -0.2) is 22.3 Å². The molecule has 0 aromatic carbocycles. The van der Waals surface area contributed by atoms with Crippen LogP contribution in [0.15, 0.2) is 23.8 Å². The summed E-state index contributed by atoms with van der Waals surface area (Å²) in [6, 6.07) is -0.529. The van der Waals surface area contributed by atoms with Crippen LogP contribution in [0.1, 0.15) is 29.8 Å². The second kappa shape index (κ2) is 7.43. The predicted molar refractivity (Wildman–Crippen MR) is 107 cm³/mol. The first-order chi connectivity index (χ1) is 14.2. The predicted octanol–water partition coefficient (Wildman–Crippen LogP) is 0.932. The van der Waals surface area contributed by atoms with Gasteiger partial charge in [-0.2, -0.15) is 9.37 Å². The number of hydrogen-bond donors (Lipinski definition) is 1. The minimum absolute atomic E-state index is 0.0470. The topological polar surface area (TPSA) is 112 Å². The number of allylic oxidation sites excluding steroid dienone is 1. The van der Waals surface area contributed by atoms with Crippen molar-refractivity contribution in [3.63, 3.8) is 0 Å². The third-order valence-corrected chi connectivity index (χ3v) is 8.12. The second-order valence-corrected chi connectivity index (χ2v) is 10.5. The number of nitrogens with one attached hydrogen (secondary N) is 1. The molecular formula is C18H21FN5O4S2+. The highest BCUT2D eigenvalue weighted by Gasteiger charge is 2.49. The molecule has 3 amide bonds. The molecule has 1 fully saturated rings. The molecule has 30 heavy (non-hydrogen) atoms. The van der Waals surface area contributed by atoms with Crippen LogP contribution in [0.2, 0.25) is 0 Å². The van der Waals surface area contributed by atoms with Gasteiger partial charge in [-0.05, 0) is 31.4 Å². The minimum atomic E-state index is -3.93. The molecule has 1 saturated carbocycles. The van der Waals surface area contributed by atoms with E-state index in [0.29, 0.717) is 30.0 Å². The van der Waals surface area contributed by atoms with E-state index in [0.717, 1.165) is 9.91 Å². The zero-order valence-electron chi connectivity index (χ0n) is 16.5. The number of carbonyl (C=O) groups excluding carboxylic acids is 2. The Bertz CT molecular complexity index is 1120. The Labute approximate surface area is 177 Å². The zero-order valence-corrected chi connectivity index (χ0v) is 18.1. The molecule has 2 heterocycles. The average Bonchev–Trinajstić information content (AvgIpc) is 3.34. The van der Waals surface area contributed by atoms with Gasteiger partial charge < -0.3 is 0 Å². The van der Waals surface area contributed by atoms with E-state index in [1.54, 1.807) is 0 Å². The van der Waals surface area contributed by atoms with E-state index in [9.17, 15) is 22.4 Å². The number of fused-ring (bicyclic) bond motifs is 1. The Hall–Kier alpha value is -2.31. The fourth-order valence-electron chi connectivity index (χ4n) is 3.32.